The molecule has 0 aliphatic rings. The fourth-order valence-electron chi connectivity index (χ4n) is 2.10. The van der Waals surface area contributed by atoms with Crippen LogP contribution in [0.3, 0.4) is 0 Å². The molecule has 0 fully saturated rings. The SMILES string of the molecule is O=C(Cc1cn2ccccc2n1)NCc1ccc(F)cc1. The van der Waals surface area contributed by atoms with Gasteiger partial charge in [0.2, 0.25) is 5.91 Å². The van der Waals surface area contributed by atoms with Gasteiger partial charge in [0.25, 0.3) is 0 Å². The van der Waals surface area contributed by atoms with Crippen molar-refractivity contribution in [3.8, 4) is 0 Å². The zero-order chi connectivity index (χ0) is 14.7. The Hall–Kier alpha value is -2.69. The maximum absolute atomic E-state index is 12.8. The van der Waals surface area contributed by atoms with Crippen LogP contribution >= 0.6 is 0 Å². The van der Waals surface area contributed by atoms with Crippen molar-refractivity contribution in [3.05, 3.63) is 71.9 Å². The van der Waals surface area contributed by atoms with Gasteiger partial charge in [0.15, 0.2) is 0 Å². The molecule has 0 unspecified atom stereocenters. The van der Waals surface area contributed by atoms with Crippen molar-refractivity contribution in [2.75, 3.05) is 0 Å². The highest BCUT2D eigenvalue weighted by molar-refractivity contribution is 5.78. The van der Waals surface area contributed by atoms with E-state index in [1.54, 1.807) is 12.1 Å². The summed E-state index contributed by atoms with van der Waals surface area (Å²) in [4.78, 5) is 16.3. The number of hydrogen-bond acceptors (Lipinski definition) is 2. The Morgan fingerprint density at radius 1 is 1.19 bits per heavy atom. The Balaban J connectivity index is 1.59. The summed E-state index contributed by atoms with van der Waals surface area (Å²) in [7, 11) is 0. The molecule has 3 aromatic rings. The average Bonchev–Trinajstić information content (AvgIpc) is 2.88. The third-order valence-corrected chi connectivity index (χ3v) is 3.16. The van der Waals surface area contributed by atoms with E-state index in [1.807, 2.05) is 35.0 Å². The number of aromatic nitrogens is 2. The maximum Gasteiger partial charge on any atom is 0.226 e. The lowest BCUT2D eigenvalue weighted by molar-refractivity contribution is -0.120. The molecule has 0 spiro atoms. The van der Waals surface area contributed by atoms with Crippen LogP contribution in [0.25, 0.3) is 5.65 Å². The highest BCUT2D eigenvalue weighted by atomic mass is 19.1. The molecule has 2 aromatic heterocycles. The van der Waals surface area contributed by atoms with E-state index in [0.29, 0.717) is 6.54 Å². The van der Waals surface area contributed by atoms with E-state index >= 15 is 0 Å². The molecular weight excluding hydrogens is 269 g/mol. The van der Waals surface area contributed by atoms with Crippen molar-refractivity contribution in [2.45, 2.75) is 13.0 Å². The number of hydrogen-bond donors (Lipinski definition) is 1. The number of rotatable bonds is 4. The third-order valence-electron chi connectivity index (χ3n) is 3.16. The molecule has 3 rings (SSSR count). The number of nitrogens with zero attached hydrogens (tertiary/aromatic N) is 2. The molecule has 0 bridgehead atoms. The number of amides is 1. The lowest BCUT2D eigenvalue weighted by Gasteiger charge is -2.04. The average molecular weight is 283 g/mol. The van der Waals surface area contributed by atoms with Crippen LogP contribution in [0.1, 0.15) is 11.3 Å². The number of pyridine rings is 1. The van der Waals surface area contributed by atoms with E-state index in [9.17, 15) is 9.18 Å². The molecule has 1 N–H and O–H groups in total. The summed E-state index contributed by atoms with van der Waals surface area (Å²) in [5, 5.41) is 2.80. The standard InChI is InChI=1S/C16H14FN3O/c17-13-6-4-12(5-7-13)10-18-16(21)9-14-11-20-8-2-1-3-15(20)19-14/h1-8,11H,9-10H2,(H,18,21). The summed E-state index contributed by atoms with van der Waals surface area (Å²) in [6, 6.07) is 11.8. The molecule has 2 heterocycles. The Kier molecular flexibility index (Phi) is 3.64. The van der Waals surface area contributed by atoms with Crippen LogP contribution in [0.15, 0.2) is 54.9 Å². The number of carbonyl (C=O) groups is 1. The van der Waals surface area contributed by atoms with E-state index in [-0.39, 0.29) is 18.1 Å². The van der Waals surface area contributed by atoms with Gasteiger partial charge < -0.3 is 9.72 Å². The minimum atomic E-state index is -0.283. The van der Waals surface area contributed by atoms with Crippen LogP contribution in [0.4, 0.5) is 4.39 Å². The number of fused-ring (bicyclic) bond motifs is 1. The molecule has 0 saturated carbocycles. The van der Waals surface area contributed by atoms with Gasteiger partial charge in [0.05, 0.1) is 12.1 Å². The predicted octanol–water partition coefficient (Wildman–Crippen LogP) is 2.33. The molecule has 0 saturated heterocycles. The molecule has 0 aliphatic heterocycles. The summed E-state index contributed by atoms with van der Waals surface area (Å²) < 4.78 is 14.7. The summed E-state index contributed by atoms with van der Waals surface area (Å²) in [6.07, 6.45) is 3.96. The quantitative estimate of drug-likeness (QED) is 0.799. The van der Waals surface area contributed by atoms with Crippen LogP contribution in [-0.2, 0) is 17.8 Å². The van der Waals surface area contributed by atoms with Crippen molar-refractivity contribution >= 4 is 11.6 Å². The number of benzene rings is 1. The fourth-order valence-corrected chi connectivity index (χ4v) is 2.10. The van der Waals surface area contributed by atoms with E-state index < -0.39 is 0 Å². The molecule has 5 heteroatoms. The number of carbonyl (C=O) groups excluding carboxylic acids is 1. The number of halogens is 1. The fraction of sp³-hybridized carbons (Fsp3) is 0.125. The summed E-state index contributed by atoms with van der Waals surface area (Å²) in [5.74, 6) is -0.391. The van der Waals surface area contributed by atoms with Gasteiger partial charge in [-0.25, -0.2) is 9.37 Å². The van der Waals surface area contributed by atoms with Crippen LogP contribution in [0.2, 0.25) is 0 Å². The first-order valence-corrected chi connectivity index (χ1v) is 6.64. The third kappa shape index (κ3) is 3.25. The second-order valence-electron chi connectivity index (χ2n) is 4.78. The second kappa shape index (κ2) is 5.75. The van der Waals surface area contributed by atoms with Crippen molar-refractivity contribution in [2.24, 2.45) is 0 Å². The minimum Gasteiger partial charge on any atom is -0.352 e. The highest BCUT2D eigenvalue weighted by Gasteiger charge is 2.07. The first kappa shape index (κ1) is 13.3. The van der Waals surface area contributed by atoms with Gasteiger partial charge >= 0.3 is 0 Å². The van der Waals surface area contributed by atoms with E-state index in [0.717, 1.165) is 16.9 Å². The molecule has 106 valence electrons. The molecular formula is C16H14FN3O. The summed E-state index contributed by atoms with van der Waals surface area (Å²) in [6.45, 7) is 0.381. The van der Waals surface area contributed by atoms with Crippen molar-refractivity contribution < 1.29 is 9.18 Å². The zero-order valence-electron chi connectivity index (χ0n) is 11.3. The van der Waals surface area contributed by atoms with Crippen molar-refractivity contribution in [1.29, 1.82) is 0 Å². The maximum atomic E-state index is 12.8. The molecule has 0 radical (unpaired) electrons. The smallest absolute Gasteiger partial charge is 0.226 e. The van der Waals surface area contributed by atoms with Gasteiger partial charge in [-0.1, -0.05) is 18.2 Å². The van der Waals surface area contributed by atoms with Crippen LogP contribution in [0, 0.1) is 5.82 Å². The largest absolute Gasteiger partial charge is 0.352 e. The Morgan fingerprint density at radius 2 is 2.00 bits per heavy atom. The molecule has 1 aromatic carbocycles. The van der Waals surface area contributed by atoms with Crippen LogP contribution in [0.5, 0.6) is 0 Å². The van der Waals surface area contributed by atoms with Gasteiger partial charge in [-0.3, -0.25) is 4.79 Å². The zero-order valence-corrected chi connectivity index (χ0v) is 11.3. The second-order valence-corrected chi connectivity index (χ2v) is 4.78. The van der Waals surface area contributed by atoms with Crippen molar-refractivity contribution in [1.82, 2.24) is 14.7 Å². The Labute approximate surface area is 121 Å². The molecule has 1 amide bonds. The molecule has 0 atom stereocenters. The van der Waals surface area contributed by atoms with E-state index in [2.05, 4.69) is 10.3 Å². The van der Waals surface area contributed by atoms with Gasteiger partial charge in [-0.15, -0.1) is 0 Å². The summed E-state index contributed by atoms with van der Waals surface area (Å²) >= 11 is 0. The van der Waals surface area contributed by atoms with Crippen LogP contribution < -0.4 is 5.32 Å². The Morgan fingerprint density at radius 3 is 2.76 bits per heavy atom. The summed E-state index contributed by atoms with van der Waals surface area (Å²) in [5.41, 5.74) is 2.40. The minimum absolute atomic E-state index is 0.109. The van der Waals surface area contributed by atoms with E-state index in [1.165, 1.54) is 12.1 Å². The lowest BCUT2D eigenvalue weighted by atomic mass is 10.2. The number of imidazole rings is 1. The lowest BCUT2D eigenvalue weighted by Crippen LogP contribution is -2.24. The predicted molar refractivity (Wildman–Crippen MR) is 77.1 cm³/mol. The van der Waals surface area contributed by atoms with Crippen LogP contribution in [-0.4, -0.2) is 15.3 Å². The first-order chi connectivity index (χ1) is 10.2. The number of nitrogens with one attached hydrogen (secondary N) is 1. The first-order valence-electron chi connectivity index (χ1n) is 6.64. The topological polar surface area (TPSA) is 46.4 Å². The molecule has 21 heavy (non-hydrogen) atoms. The normalized spacial score (nSPS) is 10.7. The van der Waals surface area contributed by atoms with Gasteiger partial charge in [0.1, 0.15) is 11.5 Å². The monoisotopic (exact) mass is 283 g/mol. The van der Waals surface area contributed by atoms with Gasteiger partial charge in [-0.2, -0.15) is 0 Å². The van der Waals surface area contributed by atoms with Gasteiger partial charge in [0, 0.05) is 18.9 Å². The van der Waals surface area contributed by atoms with E-state index in [4.69, 9.17) is 0 Å². The Bertz CT molecular complexity index is 732. The molecule has 0 aliphatic carbocycles. The van der Waals surface area contributed by atoms with Crippen molar-refractivity contribution in [3.63, 3.8) is 0 Å². The highest BCUT2D eigenvalue weighted by Crippen LogP contribution is 2.06. The molecule has 4 nitrogen and oxygen atoms in total. The van der Waals surface area contributed by atoms with Gasteiger partial charge in [-0.05, 0) is 29.8 Å².